The van der Waals surface area contributed by atoms with Crippen molar-refractivity contribution in [3.63, 3.8) is 0 Å². The van der Waals surface area contributed by atoms with Gasteiger partial charge in [-0.1, -0.05) is 18.9 Å². The summed E-state index contributed by atoms with van der Waals surface area (Å²) in [5, 5.41) is 9.29. The van der Waals surface area contributed by atoms with Gasteiger partial charge in [0.1, 0.15) is 0 Å². The summed E-state index contributed by atoms with van der Waals surface area (Å²) in [6.45, 7) is 0. The van der Waals surface area contributed by atoms with E-state index in [0.717, 1.165) is 35.1 Å². The molecule has 15 heavy (non-hydrogen) atoms. The molecule has 0 N–H and O–H groups in total. The van der Waals surface area contributed by atoms with Crippen LogP contribution in [0.1, 0.15) is 31.4 Å². The molecular weight excluding hydrogens is 220 g/mol. The van der Waals surface area contributed by atoms with Crippen LogP contribution in [0.15, 0.2) is 18.3 Å². The van der Waals surface area contributed by atoms with E-state index in [-0.39, 0.29) is 5.41 Å². The number of nitriles is 1. The Hall–Kier alpha value is -0.304. The van der Waals surface area contributed by atoms with Crippen molar-refractivity contribution in [2.75, 3.05) is 0 Å². The molecule has 0 unspecified atom stereocenters. The highest BCUT2D eigenvalue weighted by molar-refractivity contribution is 7.01. The van der Waals surface area contributed by atoms with Gasteiger partial charge in [-0.05, 0) is 18.9 Å². The molecule has 1 aliphatic carbocycles. The number of hydrogen-bond acceptors (Lipinski definition) is 2. The predicted molar refractivity (Wildman–Crippen MR) is 61.2 cm³/mol. The smallest absolute Gasteiger partial charge is 0.336 e. The molecule has 74 valence electrons. The molecule has 1 saturated carbocycles. The fraction of sp³-hybridized carbons (Fsp3) is 0.455. The minimum Gasteiger partial charge on any atom is -0.336 e. The van der Waals surface area contributed by atoms with Crippen molar-refractivity contribution in [3.8, 4) is 6.07 Å². The van der Waals surface area contributed by atoms with E-state index < -0.39 is 19.3 Å². The lowest BCUT2D eigenvalue weighted by Gasteiger charge is -2.19. The van der Waals surface area contributed by atoms with Crippen LogP contribution in [0.5, 0.6) is 0 Å². The summed E-state index contributed by atoms with van der Waals surface area (Å²) < 4.78 is 1.14. The number of pyridine rings is 1. The topological polar surface area (TPSA) is 36.7 Å². The van der Waals surface area contributed by atoms with E-state index in [2.05, 4.69) is 11.1 Å². The molecular formula is C11H11ClMgN2. The van der Waals surface area contributed by atoms with Gasteiger partial charge >= 0.3 is 19.3 Å². The second-order valence-electron chi connectivity index (χ2n) is 4.09. The normalized spacial score (nSPS) is 18.1. The number of rotatable bonds is 2. The summed E-state index contributed by atoms with van der Waals surface area (Å²) in [5.74, 6) is 0. The van der Waals surface area contributed by atoms with E-state index >= 15 is 0 Å². The van der Waals surface area contributed by atoms with E-state index in [4.69, 9.17) is 9.07 Å². The summed E-state index contributed by atoms with van der Waals surface area (Å²) in [7, 11) is 5.84. The van der Waals surface area contributed by atoms with E-state index in [1.807, 2.05) is 18.3 Å². The van der Waals surface area contributed by atoms with Crippen molar-refractivity contribution in [1.82, 2.24) is 4.98 Å². The van der Waals surface area contributed by atoms with Crippen LogP contribution < -0.4 is 3.69 Å². The lowest BCUT2D eigenvalue weighted by molar-refractivity contribution is 0.554. The number of halogens is 1. The summed E-state index contributed by atoms with van der Waals surface area (Å²) in [6, 6.07) is 6.46. The zero-order chi connectivity index (χ0) is 10.7. The summed E-state index contributed by atoms with van der Waals surface area (Å²) >= 11 is -0.645. The Kier molecular flexibility index (Phi) is 3.50. The van der Waals surface area contributed by atoms with Gasteiger partial charge in [-0.25, -0.2) is 0 Å². The zero-order valence-electron chi connectivity index (χ0n) is 8.54. The molecule has 1 aliphatic rings. The van der Waals surface area contributed by atoms with Gasteiger partial charge in [-0.15, -0.1) is 3.69 Å². The minimum atomic E-state index is -0.645. The quantitative estimate of drug-likeness (QED) is 0.728. The van der Waals surface area contributed by atoms with Gasteiger partial charge in [0.2, 0.25) is 0 Å². The van der Waals surface area contributed by atoms with Crippen molar-refractivity contribution in [1.29, 1.82) is 5.26 Å². The molecule has 4 heteroatoms. The first-order chi connectivity index (χ1) is 7.30. The van der Waals surface area contributed by atoms with Crippen LogP contribution >= 0.6 is 9.07 Å². The molecule has 0 radical (unpaired) electrons. The number of nitrogens with zero attached hydrogens (tertiary/aromatic N) is 2. The largest absolute Gasteiger partial charge is 0.540 e. The Morgan fingerprint density at radius 2 is 2.13 bits per heavy atom. The second-order valence-corrected chi connectivity index (χ2v) is 5.97. The standard InChI is InChI=1S/C11H11N2.ClH.Mg/c12-9-11(6-2-3-7-11)10-5-1-4-8-13-10;;/h1,5,8H,2-3,6-7H2;1H;/q;;+1/p-1. The Morgan fingerprint density at radius 3 is 2.60 bits per heavy atom. The Bertz CT molecular complexity index is 377. The van der Waals surface area contributed by atoms with E-state index in [1.165, 1.54) is 0 Å². The van der Waals surface area contributed by atoms with E-state index in [9.17, 15) is 5.26 Å². The van der Waals surface area contributed by atoms with Crippen LogP contribution in [0.25, 0.3) is 0 Å². The molecule has 0 spiro atoms. The fourth-order valence-electron chi connectivity index (χ4n) is 2.19. The molecule has 0 aliphatic heterocycles. The lowest BCUT2D eigenvalue weighted by atomic mass is 9.84. The van der Waals surface area contributed by atoms with Crippen molar-refractivity contribution in [3.05, 3.63) is 24.0 Å². The van der Waals surface area contributed by atoms with Crippen LogP contribution in [-0.4, -0.2) is 24.2 Å². The first-order valence-electron chi connectivity index (χ1n) is 5.23. The van der Waals surface area contributed by atoms with Crippen LogP contribution in [0, 0.1) is 11.3 Å². The zero-order valence-corrected chi connectivity index (χ0v) is 10.7. The summed E-state index contributed by atoms with van der Waals surface area (Å²) in [6.07, 6.45) is 6.02. The Labute approximate surface area is 103 Å². The molecule has 1 heterocycles. The SMILES string of the molecule is N#CC1(c2cc[c]([Mg][Cl])cn2)CCCC1. The van der Waals surface area contributed by atoms with Gasteiger partial charge in [0, 0.05) is 6.20 Å². The van der Waals surface area contributed by atoms with Gasteiger partial charge in [0.05, 0.1) is 17.2 Å². The first kappa shape index (κ1) is 11.2. The molecule has 1 aromatic heterocycles. The van der Waals surface area contributed by atoms with Gasteiger partial charge in [0.25, 0.3) is 0 Å². The summed E-state index contributed by atoms with van der Waals surface area (Å²) in [4.78, 5) is 4.40. The van der Waals surface area contributed by atoms with Gasteiger partial charge in [0.15, 0.2) is 0 Å². The van der Waals surface area contributed by atoms with E-state index in [1.54, 1.807) is 0 Å². The molecule has 0 atom stereocenters. The van der Waals surface area contributed by atoms with Crippen LogP contribution in [0.3, 0.4) is 0 Å². The van der Waals surface area contributed by atoms with Crippen LogP contribution in [0.4, 0.5) is 0 Å². The maximum Gasteiger partial charge on any atom is 0.540 e. The highest BCUT2D eigenvalue weighted by Crippen LogP contribution is 2.39. The van der Waals surface area contributed by atoms with Gasteiger partial charge in [-0.3, -0.25) is 4.98 Å². The third kappa shape index (κ3) is 2.12. The molecule has 0 aromatic carbocycles. The van der Waals surface area contributed by atoms with Crippen molar-refractivity contribution < 1.29 is 0 Å². The van der Waals surface area contributed by atoms with Crippen LogP contribution in [-0.2, 0) is 5.41 Å². The predicted octanol–water partition coefficient (Wildman–Crippen LogP) is 1.90. The number of aromatic nitrogens is 1. The van der Waals surface area contributed by atoms with Gasteiger partial charge in [-0.2, -0.15) is 5.26 Å². The Balaban J connectivity index is 2.32. The molecule has 2 rings (SSSR count). The van der Waals surface area contributed by atoms with Crippen molar-refractivity contribution in [2.45, 2.75) is 31.1 Å². The number of hydrogen-bond donors (Lipinski definition) is 0. The minimum absolute atomic E-state index is 0.313. The summed E-state index contributed by atoms with van der Waals surface area (Å²) in [5.41, 5.74) is 0.622. The molecule has 1 fully saturated rings. The first-order valence-corrected chi connectivity index (χ1v) is 8.08. The molecule has 2 nitrogen and oxygen atoms in total. The highest BCUT2D eigenvalue weighted by Gasteiger charge is 2.36. The Morgan fingerprint density at radius 1 is 1.40 bits per heavy atom. The third-order valence-corrected chi connectivity index (χ3v) is 4.79. The van der Waals surface area contributed by atoms with E-state index in [0.29, 0.717) is 0 Å². The second kappa shape index (κ2) is 4.69. The lowest BCUT2D eigenvalue weighted by Crippen LogP contribution is -2.22. The highest BCUT2D eigenvalue weighted by atomic mass is 35.5. The maximum absolute atomic E-state index is 9.29. The average molecular weight is 231 g/mol. The monoisotopic (exact) mass is 230 g/mol. The van der Waals surface area contributed by atoms with Gasteiger partial charge < -0.3 is 9.07 Å². The van der Waals surface area contributed by atoms with Crippen molar-refractivity contribution >= 4 is 32.0 Å². The van der Waals surface area contributed by atoms with Crippen LogP contribution in [0.2, 0.25) is 0 Å². The van der Waals surface area contributed by atoms with Crippen molar-refractivity contribution in [2.24, 2.45) is 0 Å². The third-order valence-electron chi connectivity index (χ3n) is 3.14. The molecule has 0 amide bonds. The molecule has 1 aromatic rings. The fourth-order valence-corrected chi connectivity index (χ4v) is 3.03. The average Bonchev–Trinajstić information content (AvgIpc) is 2.79. The maximum atomic E-state index is 9.29. The molecule has 0 bridgehead atoms. The molecule has 0 saturated heterocycles.